The zero-order valence-electron chi connectivity index (χ0n) is 19.6. The van der Waals surface area contributed by atoms with E-state index in [1.54, 1.807) is 45.6 Å². The molecule has 0 spiro atoms. The van der Waals surface area contributed by atoms with Crippen LogP contribution in [0, 0.1) is 0 Å². The number of hydrogen-bond donors (Lipinski definition) is 0. The van der Waals surface area contributed by atoms with Gasteiger partial charge in [-0.15, -0.1) is 0 Å². The number of methoxy groups -OCH3 is 3. The fourth-order valence-corrected chi connectivity index (χ4v) is 3.70. The predicted molar refractivity (Wildman–Crippen MR) is 134 cm³/mol. The lowest BCUT2D eigenvalue weighted by Crippen LogP contribution is -2.02. The molecule has 6 nitrogen and oxygen atoms in total. The summed E-state index contributed by atoms with van der Waals surface area (Å²) in [6.45, 7) is 2.57. The fraction of sp³-hybridized carbons (Fsp3) is 0.179. The molecule has 0 aliphatic rings. The van der Waals surface area contributed by atoms with E-state index in [1.165, 1.54) is 6.07 Å². The predicted octanol–water partition coefficient (Wildman–Crippen LogP) is 6.05. The molecule has 34 heavy (non-hydrogen) atoms. The van der Waals surface area contributed by atoms with Crippen LogP contribution in [0.25, 0.3) is 34.4 Å². The van der Waals surface area contributed by atoms with Gasteiger partial charge in [0.25, 0.3) is 0 Å². The average molecular weight is 459 g/mol. The molecular formula is C28H26O6. The van der Waals surface area contributed by atoms with Gasteiger partial charge in [-0.25, -0.2) is 0 Å². The van der Waals surface area contributed by atoms with Gasteiger partial charge in [-0.2, -0.15) is 0 Å². The number of hydrogen-bond acceptors (Lipinski definition) is 6. The summed E-state index contributed by atoms with van der Waals surface area (Å²) in [4.78, 5) is 12.9. The van der Waals surface area contributed by atoms with Crippen LogP contribution >= 0.6 is 0 Å². The van der Waals surface area contributed by atoms with Crippen LogP contribution in [-0.4, -0.2) is 27.9 Å². The largest absolute Gasteiger partial charge is 0.497 e. The molecule has 0 bridgehead atoms. The van der Waals surface area contributed by atoms with Gasteiger partial charge < -0.3 is 23.4 Å². The second-order valence-electron chi connectivity index (χ2n) is 7.47. The Bertz CT molecular complexity index is 1380. The SMILES string of the molecule is CCOc1ccc(C=Cc2cc(OC)cc(OC)c2-c2cc(=O)c3cc(OC)ccc3o2)cc1. The van der Waals surface area contributed by atoms with Crippen molar-refractivity contribution in [2.75, 3.05) is 27.9 Å². The van der Waals surface area contributed by atoms with E-state index in [4.69, 9.17) is 23.4 Å². The van der Waals surface area contributed by atoms with Crippen LogP contribution in [-0.2, 0) is 0 Å². The Balaban J connectivity index is 1.84. The molecule has 3 aromatic carbocycles. The van der Waals surface area contributed by atoms with E-state index in [1.807, 2.05) is 49.4 Å². The van der Waals surface area contributed by atoms with E-state index in [2.05, 4.69) is 0 Å². The summed E-state index contributed by atoms with van der Waals surface area (Å²) in [6, 6.07) is 18.1. The van der Waals surface area contributed by atoms with Crippen molar-refractivity contribution in [1.82, 2.24) is 0 Å². The third-order valence-electron chi connectivity index (χ3n) is 5.39. The molecule has 0 saturated carbocycles. The number of ether oxygens (including phenoxy) is 4. The van der Waals surface area contributed by atoms with Crippen molar-refractivity contribution in [2.24, 2.45) is 0 Å². The third-order valence-corrected chi connectivity index (χ3v) is 5.39. The van der Waals surface area contributed by atoms with Crippen molar-refractivity contribution in [2.45, 2.75) is 6.92 Å². The highest BCUT2D eigenvalue weighted by Crippen LogP contribution is 2.39. The highest BCUT2D eigenvalue weighted by Gasteiger charge is 2.17. The molecule has 0 amide bonds. The van der Waals surface area contributed by atoms with Gasteiger partial charge in [0.15, 0.2) is 5.43 Å². The smallest absolute Gasteiger partial charge is 0.193 e. The lowest BCUT2D eigenvalue weighted by molar-refractivity contribution is 0.340. The topological polar surface area (TPSA) is 67.1 Å². The molecule has 0 aliphatic carbocycles. The first-order chi connectivity index (χ1) is 16.6. The van der Waals surface area contributed by atoms with E-state index in [9.17, 15) is 4.79 Å². The Hall–Kier alpha value is -4.19. The summed E-state index contributed by atoms with van der Waals surface area (Å²) < 4.78 is 28.0. The summed E-state index contributed by atoms with van der Waals surface area (Å²) in [5.74, 6) is 2.96. The van der Waals surface area contributed by atoms with Gasteiger partial charge in [0, 0.05) is 12.1 Å². The molecule has 4 rings (SSSR count). The number of fused-ring (bicyclic) bond motifs is 1. The number of rotatable bonds is 8. The first kappa shape index (κ1) is 23.0. The number of benzene rings is 3. The Kier molecular flexibility index (Phi) is 6.87. The van der Waals surface area contributed by atoms with Gasteiger partial charge >= 0.3 is 0 Å². The van der Waals surface area contributed by atoms with Gasteiger partial charge in [0.2, 0.25) is 0 Å². The second kappa shape index (κ2) is 10.2. The van der Waals surface area contributed by atoms with Crippen molar-refractivity contribution in [1.29, 1.82) is 0 Å². The standard InChI is InChI=1S/C28H26O6/c1-5-33-20-10-7-18(8-11-20)6-9-19-14-22(31-3)16-26(32-4)28(19)27-17-24(29)23-15-21(30-2)12-13-25(23)34-27/h6-17H,5H2,1-4H3. The van der Waals surface area contributed by atoms with Crippen molar-refractivity contribution in [3.8, 4) is 34.3 Å². The maximum atomic E-state index is 12.9. The highest BCUT2D eigenvalue weighted by atomic mass is 16.5. The molecule has 6 heteroatoms. The average Bonchev–Trinajstić information content (AvgIpc) is 2.87. The van der Waals surface area contributed by atoms with Crippen molar-refractivity contribution >= 4 is 23.1 Å². The second-order valence-corrected chi connectivity index (χ2v) is 7.47. The van der Waals surface area contributed by atoms with Crippen molar-refractivity contribution in [3.05, 3.63) is 82.0 Å². The highest BCUT2D eigenvalue weighted by molar-refractivity contribution is 5.86. The van der Waals surface area contributed by atoms with E-state index in [-0.39, 0.29) is 5.43 Å². The molecule has 4 aromatic rings. The molecule has 174 valence electrons. The van der Waals surface area contributed by atoms with Gasteiger partial charge in [-0.05, 0) is 54.4 Å². The quantitative estimate of drug-likeness (QED) is 0.299. The summed E-state index contributed by atoms with van der Waals surface area (Å²) in [6.07, 6.45) is 3.91. The van der Waals surface area contributed by atoms with Gasteiger partial charge in [0.1, 0.15) is 34.3 Å². The van der Waals surface area contributed by atoms with Crippen LogP contribution in [0.5, 0.6) is 23.0 Å². The minimum Gasteiger partial charge on any atom is -0.497 e. The minimum atomic E-state index is -0.172. The van der Waals surface area contributed by atoms with Gasteiger partial charge in [-0.1, -0.05) is 24.3 Å². The Morgan fingerprint density at radius 1 is 0.794 bits per heavy atom. The molecule has 0 unspecified atom stereocenters. The van der Waals surface area contributed by atoms with E-state index < -0.39 is 0 Å². The summed E-state index contributed by atoms with van der Waals surface area (Å²) >= 11 is 0. The Morgan fingerprint density at radius 2 is 1.53 bits per heavy atom. The normalized spacial score (nSPS) is 11.1. The summed E-state index contributed by atoms with van der Waals surface area (Å²) in [7, 11) is 4.72. The van der Waals surface area contributed by atoms with Crippen LogP contribution < -0.4 is 24.4 Å². The molecule has 0 saturated heterocycles. The molecule has 0 atom stereocenters. The molecule has 0 N–H and O–H groups in total. The first-order valence-corrected chi connectivity index (χ1v) is 10.9. The van der Waals surface area contributed by atoms with E-state index in [0.29, 0.717) is 46.1 Å². The fourth-order valence-electron chi connectivity index (χ4n) is 3.70. The Labute approximate surface area is 198 Å². The Morgan fingerprint density at radius 3 is 2.21 bits per heavy atom. The molecule has 0 radical (unpaired) electrons. The van der Waals surface area contributed by atoms with Crippen LogP contribution in [0.2, 0.25) is 0 Å². The monoisotopic (exact) mass is 458 g/mol. The molecule has 0 aliphatic heterocycles. The van der Waals surface area contributed by atoms with Crippen LogP contribution in [0.1, 0.15) is 18.1 Å². The van der Waals surface area contributed by atoms with Crippen molar-refractivity contribution in [3.63, 3.8) is 0 Å². The lowest BCUT2D eigenvalue weighted by Gasteiger charge is -2.14. The maximum absolute atomic E-state index is 12.9. The molecule has 1 aromatic heterocycles. The zero-order valence-corrected chi connectivity index (χ0v) is 19.6. The maximum Gasteiger partial charge on any atom is 0.193 e. The molecule has 1 heterocycles. The summed E-state index contributed by atoms with van der Waals surface area (Å²) in [5.41, 5.74) is 2.71. The van der Waals surface area contributed by atoms with Crippen LogP contribution in [0.15, 0.2) is 69.9 Å². The van der Waals surface area contributed by atoms with Crippen molar-refractivity contribution < 1.29 is 23.4 Å². The summed E-state index contributed by atoms with van der Waals surface area (Å²) in [5, 5.41) is 0.446. The van der Waals surface area contributed by atoms with Crippen LogP contribution in [0.4, 0.5) is 0 Å². The minimum absolute atomic E-state index is 0.172. The van der Waals surface area contributed by atoms with Gasteiger partial charge in [-0.3, -0.25) is 4.79 Å². The van der Waals surface area contributed by atoms with E-state index >= 15 is 0 Å². The van der Waals surface area contributed by atoms with Gasteiger partial charge in [0.05, 0.1) is 38.9 Å². The third kappa shape index (κ3) is 4.76. The first-order valence-electron chi connectivity index (χ1n) is 10.9. The molecule has 0 fully saturated rings. The lowest BCUT2D eigenvalue weighted by atomic mass is 10.0. The van der Waals surface area contributed by atoms with E-state index in [0.717, 1.165) is 16.9 Å². The molecular weight excluding hydrogens is 432 g/mol. The zero-order chi connectivity index (χ0) is 24.1. The van der Waals surface area contributed by atoms with Crippen LogP contribution in [0.3, 0.4) is 0 Å².